The van der Waals surface area contributed by atoms with E-state index in [0.29, 0.717) is 5.75 Å². The first-order valence-electron chi connectivity index (χ1n) is 8.29. The van der Waals surface area contributed by atoms with Gasteiger partial charge in [-0.15, -0.1) is 11.8 Å². The molecule has 3 N–H and O–H groups in total. The molecule has 0 amide bonds. The van der Waals surface area contributed by atoms with Gasteiger partial charge in [0.1, 0.15) is 5.90 Å². The van der Waals surface area contributed by atoms with Crippen LogP contribution in [0.25, 0.3) is 0 Å². The van der Waals surface area contributed by atoms with Gasteiger partial charge in [-0.2, -0.15) is 0 Å². The maximum Gasteiger partial charge on any atom is 0.335 e. The molecule has 0 fully saturated rings. The minimum absolute atomic E-state index is 0.134. The van der Waals surface area contributed by atoms with Crippen LogP contribution in [0, 0.1) is 0 Å². The Labute approximate surface area is 156 Å². The molecule has 8 heteroatoms. The van der Waals surface area contributed by atoms with Crippen molar-refractivity contribution in [3.05, 3.63) is 34.9 Å². The van der Waals surface area contributed by atoms with Crippen molar-refractivity contribution in [3.8, 4) is 0 Å². The van der Waals surface area contributed by atoms with Gasteiger partial charge in [-0.3, -0.25) is 9.13 Å². The molecule has 0 rings (SSSR count). The fourth-order valence-electron chi connectivity index (χ4n) is 2.06. The molecule has 0 heterocycles. The van der Waals surface area contributed by atoms with Crippen molar-refractivity contribution in [2.24, 2.45) is 0 Å². The van der Waals surface area contributed by atoms with Crippen molar-refractivity contribution in [2.75, 3.05) is 17.1 Å². The van der Waals surface area contributed by atoms with Gasteiger partial charge in [-0.1, -0.05) is 34.9 Å². The molecule has 146 valence electrons. The van der Waals surface area contributed by atoms with E-state index in [2.05, 4.69) is 32.9 Å². The van der Waals surface area contributed by atoms with Crippen LogP contribution < -0.4 is 0 Å². The third-order valence-electron chi connectivity index (χ3n) is 3.37. The fourth-order valence-corrected chi connectivity index (χ4v) is 7.39. The van der Waals surface area contributed by atoms with E-state index in [4.69, 9.17) is 9.79 Å². The second kappa shape index (κ2) is 12.3. The number of hydrogen-bond donors (Lipinski definition) is 3. The van der Waals surface area contributed by atoms with Gasteiger partial charge in [0, 0.05) is 5.75 Å². The Hall–Kier alpha value is -0.0900. The van der Waals surface area contributed by atoms with Crippen molar-refractivity contribution in [3.63, 3.8) is 0 Å². The van der Waals surface area contributed by atoms with E-state index in [1.807, 2.05) is 13.0 Å². The minimum Gasteiger partial charge on any atom is -0.343 e. The normalized spacial score (nSPS) is 15.8. The SMILES string of the molecule is CC(C)=CCC/C(C)=C/CC/C(C)=C/CSCP(=O)(O)CP(=O)(O)O. The van der Waals surface area contributed by atoms with Crippen molar-refractivity contribution in [1.29, 1.82) is 0 Å². The lowest BCUT2D eigenvalue weighted by molar-refractivity contribution is 0.376. The minimum atomic E-state index is -4.45. The van der Waals surface area contributed by atoms with E-state index in [1.165, 1.54) is 28.5 Å². The quantitative estimate of drug-likeness (QED) is 0.223. The zero-order chi connectivity index (χ0) is 19.5. The Morgan fingerprint density at radius 3 is 1.92 bits per heavy atom. The fraction of sp³-hybridized carbons (Fsp3) is 0.647. The van der Waals surface area contributed by atoms with Gasteiger partial charge in [0.2, 0.25) is 7.37 Å². The Morgan fingerprint density at radius 1 is 0.880 bits per heavy atom. The highest BCUT2D eigenvalue weighted by molar-refractivity contribution is 8.05. The van der Waals surface area contributed by atoms with E-state index in [9.17, 15) is 14.0 Å². The maximum atomic E-state index is 11.7. The largest absolute Gasteiger partial charge is 0.343 e. The molecule has 0 spiro atoms. The Balaban J connectivity index is 4.08. The van der Waals surface area contributed by atoms with Crippen LogP contribution in [0.4, 0.5) is 0 Å². The average Bonchev–Trinajstić information content (AvgIpc) is 2.40. The molecule has 0 aliphatic rings. The van der Waals surface area contributed by atoms with Gasteiger partial charge in [0.25, 0.3) is 0 Å². The predicted molar refractivity (Wildman–Crippen MR) is 109 cm³/mol. The Bertz CT molecular complexity index is 586. The van der Waals surface area contributed by atoms with Crippen LogP contribution in [0.2, 0.25) is 0 Å². The highest BCUT2D eigenvalue weighted by atomic mass is 32.2. The van der Waals surface area contributed by atoms with Crippen LogP contribution in [-0.4, -0.2) is 31.8 Å². The average molecular weight is 410 g/mol. The van der Waals surface area contributed by atoms with E-state index in [1.54, 1.807) is 0 Å². The highest BCUT2D eigenvalue weighted by Gasteiger charge is 2.29. The molecule has 0 saturated carbocycles. The monoisotopic (exact) mass is 410 g/mol. The second-order valence-electron chi connectivity index (χ2n) is 6.61. The molecule has 0 radical (unpaired) electrons. The summed E-state index contributed by atoms with van der Waals surface area (Å²) in [5, 5.41) is 0. The molecule has 0 aromatic carbocycles. The molecule has 0 aliphatic heterocycles. The van der Waals surface area contributed by atoms with Crippen molar-refractivity contribution in [2.45, 2.75) is 53.4 Å². The maximum absolute atomic E-state index is 11.7. The molecule has 1 atom stereocenters. The lowest BCUT2D eigenvalue weighted by Crippen LogP contribution is -1.93. The van der Waals surface area contributed by atoms with Crippen LogP contribution in [-0.2, 0) is 9.13 Å². The Morgan fingerprint density at radius 2 is 1.40 bits per heavy atom. The molecule has 0 aliphatic carbocycles. The molecule has 0 aromatic rings. The lowest BCUT2D eigenvalue weighted by Gasteiger charge is -2.11. The molecular formula is C17H32O5P2S. The number of allylic oxidation sites excluding steroid dienone is 5. The van der Waals surface area contributed by atoms with Gasteiger partial charge < -0.3 is 14.7 Å². The summed E-state index contributed by atoms with van der Waals surface area (Å²) in [6.45, 7) is 8.38. The smallest absolute Gasteiger partial charge is 0.335 e. The summed E-state index contributed by atoms with van der Waals surface area (Å²) in [4.78, 5) is 27.1. The zero-order valence-corrected chi connectivity index (χ0v) is 18.2. The molecule has 5 nitrogen and oxygen atoms in total. The van der Waals surface area contributed by atoms with Crippen molar-refractivity contribution in [1.82, 2.24) is 0 Å². The van der Waals surface area contributed by atoms with E-state index < -0.39 is 20.9 Å². The van der Waals surface area contributed by atoms with Crippen LogP contribution >= 0.6 is 26.7 Å². The third-order valence-corrected chi connectivity index (χ3v) is 9.36. The molecule has 0 saturated heterocycles. The van der Waals surface area contributed by atoms with Gasteiger partial charge in [0.15, 0.2) is 0 Å². The van der Waals surface area contributed by atoms with Crippen LogP contribution in [0.1, 0.15) is 53.4 Å². The van der Waals surface area contributed by atoms with Crippen molar-refractivity contribution >= 4 is 26.7 Å². The van der Waals surface area contributed by atoms with Crippen LogP contribution in [0.3, 0.4) is 0 Å². The van der Waals surface area contributed by atoms with Gasteiger partial charge in [0.05, 0.1) is 5.49 Å². The molecule has 1 unspecified atom stereocenters. The number of thioether (sulfide) groups is 1. The summed E-state index contributed by atoms with van der Waals surface area (Å²) in [5.74, 6) is -0.368. The Kier molecular flexibility index (Phi) is 12.3. The van der Waals surface area contributed by atoms with Gasteiger partial charge in [-0.05, 0) is 53.4 Å². The first-order valence-corrected chi connectivity index (χ1v) is 13.3. The summed E-state index contributed by atoms with van der Waals surface area (Å²) in [5.41, 5.74) is 3.81. The zero-order valence-electron chi connectivity index (χ0n) is 15.6. The predicted octanol–water partition coefficient (Wildman–Crippen LogP) is 5.50. The van der Waals surface area contributed by atoms with Gasteiger partial charge >= 0.3 is 7.60 Å². The molecule has 0 bridgehead atoms. The first kappa shape index (κ1) is 24.9. The summed E-state index contributed by atoms with van der Waals surface area (Å²) in [6.07, 6.45) is 10.6. The second-order valence-corrected chi connectivity index (χ2v) is 12.5. The summed E-state index contributed by atoms with van der Waals surface area (Å²) < 4.78 is 22.5. The van der Waals surface area contributed by atoms with Crippen LogP contribution in [0.5, 0.6) is 0 Å². The molecule has 0 aromatic heterocycles. The highest BCUT2D eigenvalue weighted by Crippen LogP contribution is 2.56. The molecule has 25 heavy (non-hydrogen) atoms. The van der Waals surface area contributed by atoms with E-state index in [-0.39, 0.29) is 5.49 Å². The summed E-state index contributed by atoms with van der Waals surface area (Å²) >= 11 is 1.23. The van der Waals surface area contributed by atoms with Crippen LogP contribution in [0.15, 0.2) is 34.9 Å². The third kappa shape index (κ3) is 17.1. The van der Waals surface area contributed by atoms with Gasteiger partial charge in [-0.25, -0.2) is 0 Å². The first-order chi connectivity index (χ1) is 11.4. The summed E-state index contributed by atoms with van der Waals surface area (Å²) in [6, 6.07) is 0. The van der Waals surface area contributed by atoms with E-state index in [0.717, 1.165) is 25.7 Å². The lowest BCUT2D eigenvalue weighted by atomic mass is 10.1. The van der Waals surface area contributed by atoms with E-state index >= 15 is 0 Å². The number of rotatable bonds is 12. The standard InChI is InChI=1S/C17H32O5P2S/c1-15(2)7-5-8-16(3)9-6-10-17(4)11-12-25-14-23(18,19)13-24(20,21)22/h7,9,11H,5-6,8,10,12-14H2,1-4H3,(H,18,19)(H2,20,21,22)/b16-9+,17-11+. The van der Waals surface area contributed by atoms with Crippen molar-refractivity contribution < 1.29 is 23.8 Å². The number of hydrogen-bond acceptors (Lipinski definition) is 3. The molecular weight excluding hydrogens is 378 g/mol. The summed E-state index contributed by atoms with van der Waals surface area (Å²) in [7, 11) is -8.22. The topological polar surface area (TPSA) is 94.8 Å².